The number of hydrogen-bond acceptors (Lipinski definition) is 4. The van der Waals surface area contributed by atoms with Crippen molar-refractivity contribution in [2.45, 2.75) is 6.92 Å². The van der Waals surface area contributed by atoms with E-state index in [2.05, 4.69) is 5.10 Å². The van der Waals surface area contributed by atoms with Gasteiger partial charge in [0.15, 0.2) is 0 Å². The summed E-state index contributed by atoms with van der Waals surface area (Å²) in [5.74, 6) is -0.772. The molecule has 1 amide bonds. The van der Waals surface area contributed by atoms with E-state index in [4.69, 9.17) is 34.8 Å². The highest BCUT2D eigenvalue weighted by Gasteiger charge is 2.26. The molecule has 10 heteroatoms. The van der Waals surface area contributed by atoms with E-state index >= 15 is 0 Å². The Bertz CT molecular complexity index is 1260. The molecule has 0 bridgehead atoms. The molecule has 0 spiro atoms. The fourth-order valence-corrected chi connectivity index (χ4v) is 4.20. The second-order valence-corrected chi connectivity index (χ2v) is 8.59. The van der Waals surface area contributed by atoms with Gasteiger partial charge < -0.3 is 9.80 Å². The van der Waals surface area contributed by atoms with Crippen LogP contribution < -0.4 is 10.5 Å². The van der Waals surface area contributed by atoms with Crippen LogP contribution in [0, 0.1) is 12.7 Å². The lowest BCUT2D eigenvalue weighted by Gasteiger charge is -2.36. The Morgan fingerprint density at radius 2 is 1.72 bits per heavy atom. The minimum atomic E-state index is -0.499. The van der Waals surface area contributed by atoms with Crippen molar-refractivity contribution in [3.63, 3.8) is 0 Å². The van der Waals surface area contributed by atoms with Crippen molar-refractivity contribution in [3.8, 4) is 5.69 Å². The second-order valence-electron chi connectivity index (χ2n) is 7.40. The third-order valence-corrected chi connectivity index (χ3v) is 6.44. The maximum absolute atomic E-state index is 13.3. The topological polar surface area (TPSA) is 58.4 Å². The van der Waals surface area contributed by atoms with Crippen molar-refractivity contribution in [2.24, 2.45) is 0 Å². The molecule has 166 valence electrons. The monoisotopic (exact) mass is 494 g/mol. The number of benzene rings is 2. The average molecular weight is 496 g/mol. The Morgan fingerprint density at radius 1 is 1.00 bits per heavy atom. The molecule has 3 aromatic rings. The molecule has 1 aromatic heterocycles. The Morgan fingerprint density at radius 3 is 2.38 bits per heavy atom. The van der Waals surface area contributed by atoms with Gasteiger partial charge in [-0.1, -0.05) is 40.9 Å². The number of carbonyl (C=O) groups is 1. The van der Waals surface area contributed by atoms with Crippen LogP contribution in [-0.4, -0.2) is 46.8 Å². The highest BCUT2D eigenvalue weighted by atomic mass is 35.5. The predicted molar refractivity (Wildman–Crippen MR) is 124 cm³/mol. The Labute approximate surface area is 198 Å². The zero-order valence-electron chi connectivity index (χ0n) is 17.0. The highest BCUT2D eigenvalue weighted by Crippen LogP contribution is 2.25. The molecule has 1 fully saturated rings. The van der Waals surface area contributed by atoms with Crippen LogP contribution in [0.5, 0.6) is 0 Å². The molecular formula is C22H18Cl3FN4O2. The Balaban J connectivity index is 1.51. The van der Waals surface area contributed by atoms with Gasteiger partial charge in [0, 0.05) is 31.2 Å². The maximum atomic E-state index is 13.3. The van der Waals surface area contributed by atoms with E-state index in [-0.39, 0.29) is 21.5 Å². The van der Waals surface area contributed by atoms with Crippen molar-refractivity contribution < 1.29 is 9.18 Å². The number of aromatic nitrogens is 2. The number of halogens is 4. The first-order chi connectivity index (χ1) is 15.3. The number of aryl methyl sites for hydroxylation is 1. The van der Waals surface area contributed by atoms with Crippen molar-refractivity contribution in [1.29, 1.82) is 0 Å². The van der Waals surface area contributed by atoms with Crippen molar-refractivity contribution in [2.75, 3.05) is 31.1 Å². The fourth-order valence-electron chi connectivity index (χ4n) is 3.53. The van der Waals surface area contributed by atoms with E-state index in [1.807, 2.05) is 11.8 Å². The molecular weight excluding hydrogens is 478 g/mol. The molecule has 2 aromatic carbocycles. The van der Waals surface area contributed by atoms with Crippen LogP contribution in [-0.2, 0) is 0 Å². The number of anilines is 1. The summed E-state index contributed by atoms with van der Waals surface area (Å²) in [6, 6.07) is 8.91. The van der Waals surface area contributed by atoms with Crippen molar-refractivity contribution in [1.82, 2.24) is 14.7 Å². The van der Waals surface area contributed by atoms with Crippen LogP contribution in [0.15, 0.2) is 47.4 Å². The number of piperazine rings is 1. The zero-order valence-corrected chi connectivity index (χ0v) is 19.3. The van der Waals surface area contributed by atoms with Gasteiger partial charge >= 0.3 is 0 Å². The Hall–Kier alpha value is -2.61. The summed E-state index contributed by atoms with van der Waals surface area (Å²) in [6.07, 6.45) is 1.53. The van der Waals surface area contributed by atoms with Gasteiger partial charge in [-0.25, -0.2) is 4.39 Å². The summed E-state index contributed by atoms with van der Waals surface area (Å²) in [4.78, 5) is 29.1. The van der Waals surface area contributed by atoms with Gasteiger partial charge in [-0.05, 0) is 42.8 Å². The first-order valence-corrected chi connectivity index (χ1v) is 10.9. The molecule has 0 unspecified atom stereocenters. The standard InChI is InChI=1S/C22H18Cl3FN4O2/c1-13-2-4-15(11-17(13)23)30-22(32)20(25)19(12-27-30)28-6-8-29(9-7-28)21(31)16-5-3-14(26)10-18(16)24/h2-5,10-12H,6-9H2,1H3. The van der Waals surface area contributed by atoms with E-state index < -0.39 is 11.4 Å². The van der Waals surface area contributed by atoms with Gasteiger partial charge in [0.05, 0.1) is 28.2 Å². The molecule has 0 atom stereocenters. The molecule has 0 aliphatic carbocycles. The van der Waals surface area contributed by atoms with E-state index in [0.717, 1.165) is 11.6 Å². The number of rotatable bonds is 3. The molecule has 4 rings (SSSR count). The Kier molecular flexibility index (Phi) is 6.42. The summed E-state index contributed by atoms with van der Waals surface area (Å²) in [6.45, 7) is 3.55. The van der Waals surface area contributed by atoms with Crippen molar-refractivity contribution in [3.05, 3.63) is 85.0 Å². The van der Waals surface area contributed by atoms with E-state index in [1.165, 1.54) is 23.0 Å². The van der Waals surface area contributed by atoms with Crippen LogP contribution in [0.4, 0.5) is 10.1 Å². The summed E-state index contributed by atoms with van der Waals surface area (Å²) in [5.41, 5.74) is 1.70. The lowest BCUT2D eigenvalue weighted by atomic mass is 10.1. The minimum absolute atomic E-state index is 0.0399. The highest BCUT2D eigenvalue weighted by molar-refractivity contribution is 6.34. The molecule has 1 aliphatic rings. The largest absolute Gasteiger partial charge is 0.365 e. The van der Waals surface area contributed by atoms with E-state index in [0.29, 0.717) is 42.6 Å². The second kappa shape index (κ2) is 9.10. The summed E-state index contributed by atoms with van der Waals surface area (Å²) in [7, 11) is 0. The fraction of sp³-hybridized carbons (Fsp3) is 0.227. The predicted octanol–water partition coefficient (Wildman–Crippen LogP) is 4.60. The van der Waals surface area contributed by atoms with Gasteiger partial charge in [0.25, 0.3) is 11.5 Å². The number of hydrogen-bond donors (Lipinski definition) is 0. The maximum Gasteiger partial charge on any atom is 0.292 e. The first-order valence-electron chi connectivity index (χ1n) is 9.80. The molecule has 0 radical (unpaired) electrons. The van der Waals surface area contributed by atoms with Gasteiger partial charge in [-0.15, -0.1) is 0 Å². The molecule has 0 saturated carbocycles. The third kappa shape index (κ3) is 4.33. The van der Waals surface area contributed by atoms with Crippen LogP contribution in [0.2, 0.25) is 15.1 Å². The lowest BCUT2D eigenvalue weighted by Crippen LogP contribution is -2.49. The SMILES string of the molecule is Cc1ccc(-n2ncc(N3CCN(C(=O)c4ccc(F)cc4Cl)CC3)c(Cl)c2=O)cc1Cl. The van der Waals surface area contributed by atoms with E-state index in [9.17, 15) is 14.0 Å². The minimum Gasteiger partial charge on any atom is -0.365 e. The molecule has 1 aliphatic heterocycles. The number of carbonyl (C=O) groups excluding carboxylic acids is 1. The zero-order chi connectivity index (χ0) is 23.0. The normalized spacial score (nSPS) is 14.0. The molecule has 0 N–H and O–H groups in total. The lowest BCUT2D eigenvalue weighted by molar-refractivity contribution is 0.0747. The van der Waals surface area contributed by atoms with Gasteiger partial charge in [0.2, 0.25) is 0 Å². The average Bonchev–Trinajstić information content (AvgIpc) is 2.77. The van der Waals surface area contributed by atoms with Crippen LogP contribution >= 0.6 is 34.8 Å². The van der Waals surface area contributed by atoms with Crippen LogP contribution in [0.25, 0.3) is 5.69 Å². The van der Waals surface area contributed by atoms with Gasteiger partial charge in [0.1, 0.15) is 10.8 Å². The quantitative estimate of drug-likeness (QED) is 0.533. The molecule has 2 heterocycles. The van der Waals surface area contributed by atoms with Crippen molar-refractivity contribution >= 4 is 46.4 Å². The van der Waals surface area contributed by atoms with E-state index in [1.54, 1.807) is 23.1 Å². The molecule has 32 heavy (non-hydrogen) atoms. The van der Waals surface area contributed by atoms with Crippen LogP contribution in [0.1, 0.15) is 15.9 Å². The van der Waals surface area contributed by atoms with Gasteiger partial charge in [-0.2, -0.15) is 9.78 Å². The summed E-state index contributed by atoms with van der Waals surface area (Å²) < 4.78 is 14.5. The first kappa shape index (κ1) is 22.6. The third-order valence-electron chi connectivity index (χ3n) is 5.37. The molecule has 1 saturated heterocycles. The molecule has 6 nitrogen and oxygen atoms in total. The van der Waals surface area contributed by atoms with Crippen LogP contribution in [0.3, 0.4) is 0 Å². The summed E-state index contributed by atoms with van der Waals surface area (Å²) in [5, 5.41) is 4.90. The van der Waals surface area contributed by atoms with Gasteiger partial charge in [-0.3, -0.25) is 9.59 Å². The number of amides is 1. The smallest absolute Gasteiger partial charge is 0.292 e. The summed E-state index contributed by atoms with van der Waals surface area (Å²) >= 11 is 18.6. The number of nitrogens with zero attached hydrogens (tertiary/aromatic N) is 4.